The van der Waals surface area contributed by atoms with Gasteiger partial charge in [-0.1, -0.05) is 70.2 Å². The number of nitrogens with one attached hydrogen (secondary N) is 1. The number of rotatable bonds is 6. The summed E-state index contributed by atoms with van der Waals surface area (Å²) in [7, 11) is 1.15. The summed E-state index contributed by atoms with van der Waals surface area (Å²) in [5.41, 5.74) is -1.39. The van der Waals surface area contributed by atoms with E-state index in [0.29, 0.717) is 33.9 Å². The predicted molar refractivity (Wildman–Crippen MR) is 204 cm³/mol. The molecule has 2 aromatic carbocycles. The van der Waals surface area contributed by atoms with Gasteiger partial charge in [-0.15, -0.1) is 0 Å². The summed E-state index contributed by atoms with van der Waals surface area (Å²) in [6.45, 7) is 0. The van der Waals surface area contributed by atoms with Crippen LogP contribution in [0.3, 0.4) is 0 Å². The number of amides is 4. The van der Waals surface area contributed by atoms with E-state index in [0.717, 1.165) is 18.1 Å². The number of imide groups is 2. The van der Waals surface area contributed by atoms with Crippen LogP contribution in [0.15, 0.2) is 78.5 Å². The number of phenols is 1. The van der Waals surface area contributed by atoms with Crippen molar-refractivity contribution in [2.45, 2.75) is 36.5 Å². The largest absolute Gasteiger partial charge is 0.508 e. The van der Waals surface area contributed by atoms with E-state index in [1.807, 2.05) is 0 Å². The molecule has 3 fully saturated rings. The van der Waals surface area contributed by atoms with Crippen LogP contribution in [-0.2, 0) is 36.9 Å². The Kier molecular flexibility index (Phi) is 10.1. The molecule has 2 aromatic heterocycles. The molecule has 2 saturated heterocycles. The number of phenolic OH excluding ortho intramolecular Hbond substituents is 1. The standard InChI is InChI=1S/C39H26Cl4F6N6O5/c1-53(32-25(42)9-11-28(51-32)39(47,48)49)55-33(57)21-8-7-20-22(29(21)35(55)59)14-24-34(58)54(52-31-26(43)12-17(15-50-31)38(44,45)46)36(60)37(24,16-2-4-18(40)5-3-16)30(20)23-13-19(41)6-10-27(23)56/h2-7,9-13,15,21-22,24,29-30,56H,8,14H2,1H3,(H,50,52)/t21-,22+,24-,29-,30+,37+/m0/s1. The lowest BCUT2D eigenvalue weighted by Crippen LogP contribution is -2.53. The molecule has 0 bridgehead atoms. The highest BCUT2D eigenvalue weighted by atomic mass is 35.5. The number of nitrogens with zero attached hydrogens (tertiary/aromatic N) is 5. The van der Waals surface area contributed by atoms with Gasteiger partial charge in [-0.25, -0.2) is 9.97 Å². The fourth-order valence-electron chi connectivity index (χ4n) is 9.07. The van der Waals surface area contributed by atoms with Crippen molar-refractivity contribution in [1.29, 1.82) is 0 Å². The minimum Gasteiger partial charge on any atom is -0.508 e. The lowest BCUT2D eigenvalue weighted by molar-refractivity contribution is -0.142. The summed E-state index contributed by atoms with van der Waals surface area (Å²) in [6, 6.07) is 12.1. The van der Waals surface area contributed by atoms with Gasteiger partial charge in [0.05, 0.1) is 38.8 Å². The zero-order valence-electron chi connectivity index (χ0n) is 30.3. The van der Waals surface area contributed by atoms with Crippen molar-refractivity contribution in [3.05, 3.63) is 121 Å². The second-order valence-corrected chi connectivity index (χ2v) is 16.3. The third-order valence-electron chi connectivity index (χ3n) is 11.6. The van der Waals surface area contributed by atoms with Gasteiger partial charge in [-0.2, -0.15) is 36.4 Å². The first-order chi connectivity index (χ1) is 28.2. The summed E-state index contributed by atoms with van der Waals surface area (Å²) in [5, 5.41) is 13.1. The Morgan fingerprint density at radius 1 is 0.833 bits per heavy atom. The van der Waals surface area contributed by atoms with Crippen LogP contribution in [0.2, 0.25) is 20.1 Å². The number of halogens is 10. The minimum absolute atomic E-state index is 0.0521. The highest BCUT2D eigenvalue weighted by Gasteiger charge is 2.71. The van der Waals surface area contributed by atoms with Crippen LogP contribution in [0, 0.1) is 23.7 Å². The van der Waals surface area contributed by atoms with E-state index in [4.69, 9.17) is 46.4 Å². The Morgan fingerprint density at radius 2 is 1.52 bits per heavy atom. The van der Waals surface area contributed by atoms with Crippen molar-refractivity contribution in [2.24, 2.45) is 23.7 Å². The monoisotopic (exact) mass is 912 g/mol. The highest BCUT2D eigenvalue weighted by Crippen LogP contribution is 2.65. The minimum atomic E-state index is -4.90. The first-order valence-electron chi connectivity index (χ1n) is 17.8. The van der Waals surface area contributed by atoms with Crippen molar-refractivity contribution < 1.29 is 50.6 Å². The van der Waals surface area contributed by atoms with E-state index >= 15 is 4.79 Å². The molecule has 4 amide bonds. The van der Waals surface area contributed by atoms with Gasteiger partial charge < -0.3 is 5.11 Å². The van der Waals surface area contributed by atoms with Gasteiger partial charge >= 0.3 is 12.4 Å². The number of fused-ring (bicyclic) bond motifs is 4. The van der Waals surface area contributed by atoms with Gasteiger partial charge in [0.15, 0.2) is 11.6 Å². The number of aromatic hydroxyl groups is 1. The number of hydrazine groups is 2. The quantitative estimate of drug-likeness (QED) is 0.111. The summed E-state index contributed by atoms with van der Waals surface area (Å²) in [6.07, 6.45) is -8.03. The maximum Gasteiger partial charge on any atom is 0.433 e. The van der Waals surface area contributed by atoms with Crippen molar-refractivity contribution in [3.8, 4) is 5.75 Å². The second-order valence-electron chi connectivity index (χ2n) is 14.6. The molecular weight excluding hydrogens is 888 g/mol. The van der Waals surface area contributed by atoms with Gasteiger partial charge in [0.25, 0.3) is 23.6 Å². The van der Waals surface area contributed by atoms with E-state index < -0.39 is 98.9 Å². The molecule has 312 valence electrons. The molecule has 60 heavy (non-hydrogen) atoms. The molecule has 4 aliphatic rings. The molecule has 2 aliphatic carbocycles. The maximum absolute atomic E-state index is 15.3. The van der Waals surface area contributed by atoms with Crippen LogP contribution >= 0.6 is 46.4 Å². The number of aromatic nitrogens is 2. The smallest absolute Gasteiger partial charge is 0.433 e. The molecule has 11 nitrogen and oxygen atoms in total. The summed E-state index contributed by atoms with van der Waals surface area (Å²) >= 11 is 25.3. The molecule has 6 atom stereocenters. The Morgan fingerprint density at radius 3 is 2.17 bits per heavy atom. The molecule has 4 heterocycles. The fraction of sp³-hybridized carbons (Fsp3) is 0.282. The molecule has 2 N–H and O–H groups in total. The Bertz CT molecular complexity index is 2540. The average molecular weight is 914 g/mol. The molecule has 0 radical (unpaired) electrons. The van der Waals surface area contributed by atoms with E-state index in [9.17, 15) is 45.8 Å². The Balaban J connectivity index is 1.28. The SMILES string of the molecule is CN(c1nc(C(F)(F)F)ccc1Cl)N1C(=O)[C@H]2[C@H](CC=C3[C@H]2C[C@H]2C(=O)N(Nc4ncc(C(F)(F)F)cc4Cl)C(=O)[C@@]2(c2ccc(Cl)cc2)[C@H]3c2cc(Cl)ccc2O)C1=O. The lowest BCUT2D eigenvalue weighted by Gasteiger charge is -2.50. The second kappa shape index (κ2) is 14.5. The van der Waals surface area contributed by atoms with Crippen molar-refractivity contribution in [1.82, 2.24) is 20.0 Å². The third kappa shape index (κ3) is 6.43. The highest BCUT2D eigenvalue weighted by molar-refractivity contribution is 6.33. The first kappa shape index (κ1) is 41.6. The molecule has 2 aliphatic heterocycles. The molecule has 21 heteroatoms. The summed E-state index contributed by atoms with van der Waals surface area (Å²) in [5.74, 6) is -11.0. The number of hydrogen-bond acceptors (Lipinski definition) is 9. The predicted octanol–water partition coefficient (Wildman–Crippen LogP) is 8.87. The Hall–Kier alpha value is -5.10. The molecule has 1 saturated carbocycles. The topological polar surface area (TPSA) is 136 Å². The van der Waals surface area contributed by atoms with E-state index in [2.05, 4.69) is 15.4 Å². The molecule has 0 unspecified atom stereocenters. The zero-order chi connectivity index (χ0) is 43.4. The number of carbonyl (C=O) groups is 4. The number of carbonyl (C=O) groups excluding carboxylic acids is 4. The van der Waals surface area contributed by atoms with Crippen LogP contribution in [0.1, 0.15) is 41.1 Å². The van der Waals surface area contributed by atoms with Gasteiger partial charge in [-0.05, 0) is 72.9 Å². The normalized spacial score (nSPS) is 25.2. The van der Waals surface area contributed by atoms with Crippen LogP contribution < -0.4 is 10.4 Å². The van der Waals surface area contributed by atoms with E-state index in [1.54, 1.807) is 6.08 Å². The number of anilines is 2. The van der Waals surface area contributed by atoms with Crippen molar-refractivity contribution >= 4 is 81.7 Å². The molecular formula is C39H26Cl4F6N6O5. The van der Waals surface area contributed by atoms with E-state index in [1.165, 1.54) is 42.5 Å². The average Bonchev–Trinajstić information content (AvgIpc) is 3.56. The fourth-order valence-corrected chi connectivity index (χ4v) is 9.82. The van der Waals surface area contributed by atoms with Crippen molar-refractivity contribution in [3.63, 3.8) is 0 Å². The number of hydrogen-bond donors (Lipinski definition) is 2. The van der Waals surface area contributed by atoms with Gasteiger partial charge in [0.2, 0.25) is 0 Å². The van der Waals surface area contributed by atoms with Crippen LogP contribution in [0.4, 0.5) is 38.0 Å². The number of allylic oxidation sites excluding steroid dienone is 2. The van der Waals surface area contributed by atoms with Crippen molar-refractivity contribution in [2.75, 3.05) is 17.5 Å². The zero-order valence-corrected chi connectivity index (χ0v) is 33.3. The third-order valence-corrected chi connectivity index (χ3v) is 12.6. The summed E-state index contributed by atoms with van der Waals surface area (Å²) < 4.78 is 81.6. The Labute approximate surface area is 355 Å². The molecule has 4 aromatic rings. The number of pyridine rings is 2. The lowest BCUT2D eigenvalue weighted by atomic mass is 9.49. The number of alkyl halides is 6. The maximum atomic E-state index is 15.3. The molecule has 0 spiro atoms. The van der Waals surface area contributed by atoms with E-state index in [-0.39, 0.29) is 44.8 Å². The van der Waals surface area contributed by atoms with Gasteiger partial charge in [-0.3, -0.25) is 29.6 Å². The van der Waals surface area contributed by atoms with Crippen LogP contribution in [-0.4, -0.2) is 55.8 Å². The summed E-state index contributed by atoms with van der Waals surface area (Å²) in [4.78, 5) is 66.3. The van der Waals surface area contributed by atoms with Gasteiger partial charge in [0, 0.05) is 34.8 Å². The molecule has 8 rings (SSSR count). The first-order valence-corrected chi connectivity index (χ1v) is 19.3. The van der Waals surface area contributed by atoms with Crippen LogP contribution in [0.25, 0.3) is 0 Å². The van der Waals surface area contributed by atoms with Crippen LogP contribution in [0.5, 0.6) is 5.75 Å². The van der Waals surface area contributed by atoms with Gasteiger partial charge in [0.1, 0.15) is 11.4 Å². The number of benzene rings is 2.